The predicted octanol–water partition coefficient (Wildman–Crippen LogP) is 2.21. The van der Waals surface area contributed by atoms with Crippen molar-refractivity contribution < 1.29 is 9.53 Å². The Balaban J connectivity index is 2.61. The third-order valence-corrected chi connectivity index (χ3v) is 2.78. The van der Waals surface area contributed by atoms with E-state index in [0.29, 0.717) is 29.1 Å². The third kappa shape index (κ3) is 2.54. The molecule has 5 nitrogen and oxygen atoms in total. The topological polar surface area (TPSA) is 78.1 Å². The molecular weight excluding hydrogens is 242 g/mol. The minimum Gasteiger partial charge on any atom is -0.462 e. The summed E-state index contributed by atoms with van der Waals surface area (Å²) in [6.07, 6.45) is 4.73. The second kappa shape index (κ2) is 5.48. The molecule has 2 rings (SSSR count). The number of aryl methyl sites for hydroxylation is 1. The van der Waals surface area contributed by atoms with Crippen LogP contribution in [0, 0.1) is 6.92 Å². The molecule has 1 heterocycles. The maximum atomic E-state index is 12.1. The zero-order chi connectivity index (χ0) is 13.8. The highest BCUT2D eigenvalue weighted by Crippen LogP contribution is 2.29. The van der Waals surface area contributed by atoms with Crippen LogP contribution in [0.25, 0.3) is 11.3 Å². The third-order valence-electron chi connectivity index (χ3n) is 2.78. The molecule has 0 saturated carbocycles. The minimum absolute atomic E-state index is 0.298. The van der Waals surface area contributed by atoms with Crippen LogP contribution in [0.5, 0.6) is 0 Å². The van der Waals surface area contributed by atoms with Crippen molar-refractivity contribution in [3.8, 4) is 11.3 Å². The fraction of sp³-hybridized carbons (Fsp3) is 0.214. The van der Waals surface area contributed by atoms with Gasteiger partial charge in [0.15, 0.2) is 0 Å². The van der Waals surface area contributed by atoms with Gasteiger partial charge in [-0.3, -0.25) is 9.97 Å². The van der Waals surface area contributed by atoms with Crippen LogP contribution in [0.2, 0.25) is 0 Å². The first-order chi connectivity index (χ1) is 9.15. The molecule has 0 amide bonds. The van der Waals surface area contributed by atoms with Crippen LogP contribution in [0.1, 0.15) is 22.8 Å². The first kappa shape index (κ1) is 13.0. The number of nitrogens with zero attached hydrogens (tertiary/aromatic N) is 2. The predicted molar refractivity (Wildman–Crippen MR) is 72.6 cm³/mol. The summed E-state index contributed by atoms with van der Waals surface area (Å²) < 4.78 is 5.06. The summed E-state index contributed by atoms with van der Waals surface area (Å²) in [6, 6.07) is 3.66. The van der Waals surface area contributed by atoms with Crippen LogP contribution in [-0.4, -0.2) is 22.5 Å². The number of carbonyl (C=O) groups excluding carboxylic acids is 1. The van der Waals surface area contributed by atoms with Crippen LogP contribution in [0.15, 0.2) is 30.7 Å². The number of aromatic nitrogens is 2. The molecule has 0 unspecified atom stereocenters. The van der Waals surface area contributed by atoms with Crippen LogP contribution in [0.3, 0.4) is 0 Å². The number of benzene rings is 1. The average molecular weight is 257 g/mol. The molecule has 2 aromatic rings. The Hall–Kier alpha value is -2.43. The van der Waals surface area contributed by atoms with Gasteiger partial charge in [-0.25, -0.2) is 4.79 Å². The van der Waals surface area contributed by atoms with Gasteiger partial charge in [0, 0.05) is 23.6 Å². The van der Waals surface area contributed by atoms with E-state index in [2.05, 4.69) is 9.97 Å². The molecule has 0 aliphatic carbocycles. The highest BCUT2D eigenvalue weighted by molar-refractivity contribution is 6.02. The maximum Gasteiger partial charge on any atom is 0.340 e. The van der Waals surface area contributed by atoms with E-state index in [1.54, 1.807) is 25.5 Å². The number of nitrogens with two attached hydrogens (primary N) is 1. The van der Waals surface area contributed by atoms with E-state index in [4.69, 9.17) is 10.5 Å². The first-order valence-corrected chi connectivity index (χ1v) is 5.97. The van der Waals surface area contributed by atoms with Gasteiger partial charge in [-0.2, -0.15) is 0 Å². The smallest absolute Gasteiger partial charge is 0.340 e. The molecule has 0 spiro atoms. The number of hydrogen-bond donors (Lipinski definition) is 1. The largest absolute Gasteiger partial charge is 0.462 e. The highest BCUT2D eigenvalue weighted by atomic mass is 16.5. The van der Waals surface area contributed by atoms with Crippen molar-refractivity contribution in [3.05, 3.63) is 41.9 Å². The Kier molecular flexibility index (Phi) is 3.75. The Morgan fingerprint density at radius 2 is 2.16 bits per heavy atom. The molecule has 0 atom stereocenters. The van der Waals surface area contributed by atoms with E-state index < -0.39 is 5.97 Å². The minimum atomic E-state index is -0.440. The van der Waals surface area contributed by atoms with Crippen LogP contribution in [-0.2, 0) is 4.74 Å². The molecule has 19 heavy (non-hydrogen) atoms. The normalized spacial score (nSPS) is 10.2. The molecule has 1 aromatic carbocycles. The monoisotopic (exact) mass is 257 g/mol. The molecule has 0 radical (unpaired) electrons. The first-order valence-electron chi connectivity index (χ1n) is 5.97. The van der Waals surface area contributed by atoms with Gasteiger partial charge in [-0.1, -0.05) is 12.1 Å². The number of carbonyl (C=O) groups is 1. The lowest BCUT2D eigenvalue weighted by molar-refractivity contribution is 0.0528. The van der Waals surface area contributed by atoms with Gasteiger partial charge < -0.3 is 10.5 Å². The molecule has 1 aromatic heterocycles. The molecular formula is C14H15N3O2. The Bertz CT molecular complexity index is 597. The Morgan fingerprint density at radius 1 is 1.37 bits per heavy atom. The molecule has 0 aliphatic heterocycles. The van der Waals surface area contributed by atoms with Gasteiger partial charge >= 0.3 is 5.97 Å². The molecule has 0 fully saturated rings. The second-order valence-corrected chi connectivity index (χ2v) is 4.03. The summed E-state index contributed by atoms with van der Waals surface area (Å²) >= 11 is 0. The van der Waals surface area contributed by atoms with E-state index in [9.17, 15) is 4.79 Å². The highest BCUT2D eigenvalue weighted by Gasteiger charge is 2.19. The molecule has 0 aliphatic rings. The lowest BCUT2D eigenvalue weighted by atomic mass is 9.99. The van der Waals surface area contributed by atoms with Crippen LogP contribution < -0.4 is 5.73 Å². The van der Waals surface area contributed by atoms with Crippen molar-refractivity contribution >= 4 is 11.7 Å². The van der Waals surface area contributed by atoms with Gasteiger partial charge in [0.2, 0.25) is 0 Å². The number of nitrogen functional groups attached to an aromatic ring is 1. The maximum absolute atomic E-state index is 12.1. The summed E-state index contributed by atoms with van der Waals surface area (Å²) in [5.41, 5.74) is 8.83. The van der Waals surface area contributed by atoms with Crippen LogP contribution in [0.4, 0.5) is 5.69 Å². The summed E-state index contributed by atoms with van der Waals surface area (Å²) in [5, 5.41) is 0. The van der Waals surface area contributed by atoms with Crippen molar-refractivity contribution in [2.45, 2.75) is 13.8 Å². The summed E-state index contributed by atoms with van der Waals surface area (Å²) in [7, 11) is 0. The van der Waals surface area contributed by atoms with E-state index in [1.165, 1.54) is 0 Å². The lowest BCUT2D eigenvalue weighted by Gasteiger charge is -2.12. The van der Waals surface area contributed by atoms with Crippen LogP contribution >= 0.6 is 0 Å². The Morgan fingerprint density at radius 3 is 2.79 bits per heavy atom. The van der Waals surface area contributed by atoms with Gasteiger partial charge in [0.25, 0.3) is 0 Å². The molecule has 2 N–H and O–H groups in total. The summed E-state index contributed by atoms with van der Waals surface area (Å²) in [4.78, 5) is 20.3. The molecule has 0 bridgehead atoms. The zero-order valence-electron chi connectivity index (χ0n) is 10.9. The van der Waals surface area contributed by atoms with Crippen molar-refractivity contribution in [1.82, 2.24) is 9.97 Å². The molecule has 5 heteroatoms. The van der Waals surface area contributed by atoms with Crippen molar-refractivity contribution in [3.63, 3.8) is 0 Å². The van der Waals surface area contributed by atoms with E-state index >= 15 is 0 Å². The molecule has 0 saturated heterocycles. The number of anilines is 1. The Labute approximate surface area is 111 Å². The SMILES string of the molecule is CCOC(=O)c1c(-c2cnccn2)ccc(C)c1N. The number of esters is 1. The fourth-order valence-electron chi connectivity index (χ4n) is 1.80. The zero-order valence-corrected chi connectivity index (χ0v) is 10.9. The number of ether oxygens (including phenoxy) is 1. The van der Waals surface area contributed by atoms with Gasteiger partial charge in [0.1, 0.15) is 0 Å². The van der Waals surface area contributed by atoms with Crippen molar-refractivity contribution in [2.75, 3.05) is 12.3 Å². The van der Waals surface area contributed by atoms with Gasteiger partial charge in [-0.15, -0.1) is 0 Å². The number of hydrogen-bond acceptors (Lipinski definition) is 5. The second-order valence-electron chi connectivity index (χ2n) is 4.03. The summed E-state index contributed by atoms with van der Waals surface area (Å²) in [6.45, 7) is 3.90. The number of rotatable bonds is 3. The standard InChI is InChI=1S/C14H15N3O2/c1-3-19-14(18)12-10(5-4-9(2)13(12)15)11-8-16-6-7-17-11/h4-8H,3,15H2,1-2H3. The average Bonchev–Trinajstić information content (AvgIpc) is 2.42. The quantitative estimate of drug-likeness (QED) is 0.673. The molecule has 98 valence electrons. The van der Waals surface area contributed by atoms with Gasteiger partial charge in [0.05, 0.1) is 24.1 Å². The lowest BCUT2D eigenvalue weighted by Crippen LogP contribution is -2.11. The van der Waals surface area contributed by atoms with Gasteiger partial charge in [-0.05, 0) is 19.4 Å². The van der Waals surface area contributed by atoms with Crippen molar-refractivity contribution in [2.24, 2.45) is 0 Å². The summed E-state index contributed by atoms with van der Waals surface area (Å²) in [5.74, 6) is -0.440. The van der Waals surface area contributed by atoms with Crippen molar-refractivity contribution in [1.29, 1.82) is 0 Å². The van der Waals surface area contributed by atoms with E-state index in [-0.39, 0.29) is 0 Å². The fourth-order valence-corrected chi connectivity index (χ4v) is 1.80. The van der Waals surface area contributed by atoms with E-state index in [1.807, 2.05) is 19.1 Å². The van der Waals surface area contributed by atoms with E-state index in [0.717, 1.165) is 5.56 Å².